The number of rotatable bonds is 11. The van der Waals surface area contributed by atoms with Gasteiger partial charge in [-0.15, -0.1) is 12.4 Å². The molecule has 2 N–H and O–H groups in total. The van der Waals surface area contributed by atoms with Crippen molar-refractivity contribution >= 4 is 12.4 Å². The second kappa shape index (κ2) is 12.7. The summed E-state index contributed by atoms with van der Waals surface area (Å²) in [7, 11) is 4.08. The third-order valence-corrected chi connectivity index (χ3v) is 4.29. The molecule has 0 aliphatic heterocycles. The van der Waals surface area contributed by atoms with E-state index in [1.165, 1.54) is 5.56 Å². The highest BCUT2D eigenvalue weighted by Gasteiger charge is 2.21. The van der Waals surface area contributed by atoms with E-state index in [1.54, 1.807) is 0 Å². The number of aliphatic hydroxyl groups excluding tert-OH is 1. The smallest absolute Gasteiger partial charge is 0.119 e. The van der Waals surface area contributed by atoms with E-state index in [1.807, 2.05) is 56.6 Å². The number of nitrogens with zero attached hydrogens (tertiary/aromatic N) is 1. The van der Waals surface area contributed by atoms with Gasteiger partial charge < -0.3 is 20.1 Å². The monoisotopic (exact) mass is 392 g/mol. The zero-order valence-corrected chi connectivity index (χ0v) is 17.4. The zero-order chi connectivity index (χ0) is 18.8. The lowest BCUT2D eigenvalue weighted by Crippen LogP contribution is -2.34. The highest BCUT2D eigenvalue weighted by atomic mass is 35.5. The van der Waals surface area contributed by atoms with Crippen molar-refractivity contribution in [3.05, 3.63) is 65.7 Å². The van der Waals surface area contributed by atoms with Crippen molar-refractivity contribution in [3.8, 4) is 5.75 Å². The Morgan fingerprint density at radius 1 is 1.07 bits per heavy atom. The molecule has 0 saturated carbocycles. The fourth-order valence-corrected chi connectivity index (χ4v) is 3.03. The lowest BCUT2D eigenvalue weighted by Gasteiger charge is -2.26. The van der Waals surface area contributed by atoms with Crippen LogP contribution in [0.2, 0.25) is 0 Å². The van der Waals surface area contributed by atoms with Gasteiger partial charge in [-0.05, 0) is 43.8 Å². The molecule has 0 bridgehead atoms. The summed E-state index contributed by atoms with van der Waals surface area (Å²) in [5.74, 6) is 1.03. The Kier molecular flexibility index (Phi) is 11.1. The van der Waals surface area contributed by atoms with Crippen molar-refractivity contribution in [2.24, 2.45) is 5.92 Å². The molecule has 0 heterocycles. The molecule has 4 nitrogen and oxygen atoms in total. The standard InChI is InChI=1S/C22H32N2O2.ClH/c1-4-13-26-21-12-8-9-18(14-21)15-23-16-20(17-24(2)3)22(25)19-10-6-5-7-11-19;/h5-12,14,20,22-23,25H,4,13,15-17H2,1-3H3;1H. The predicted molar refractivity (Wildman–Crippen MR) is 115 cm³/mol. The highest BCUT2D eigenvalue weighted by Crippen LogP contribution is 2.22. The molecule has 2 rings (SSSR count). The first kappa shape index (κ1) is 23.4. The predicted octanol–water partition coefficient (Wildman–Crippen LogP) is 3.90. The van der Waals surface area contributed by atoms with Crippen LogP contribution in [-0.4, -0.2) is 43.8 Å². The van der Waals surface area contributed by atoms with E-state index < -0.39 is 6.10 Å². The molecular formula is C22H33ClN2O2. The van der Waals surface area contributed by atoms with Crippen LogP contribution in [0.5, 0.6) is 5.75 Å². The van der Waals surface area contributed by atoms with E-state index in [4.69, 9.17) is 4.74 Å². The van der Waals surface area contributed by atoms with E-state index in [0.717, 1.165) is 44.0 Å². The summed E-state index contributed by atoms with van der Waals surface area (Å²) < 4.78 is 5.70. The van der Waals surface area contributed by atoms with E-state index in [0.29, 0.717) is 0 Å². The van der Waals surface area contributed by atoms with Crippen LogP contribution in [0.1, 0.15) is 30.6 Å². The van der Waals surface area contributed by atoms with E-state index in [2.05, 4.69) is 29.3 Å². The van der Waals surface area contributed by atoms with Crippen molar-refractivity contribution in [2.45, 2.75) is 26.0 Å². The Bertz CT molecular complexity index is 637. The van der Waals surface area contributed by atoms with Gasteiger partial charge in [0.15, 0.2) is 0 Å². The molecule has 0 amide bonds. The highest BCUT2D eigenvalue weighted by molar-refractivity contribution is 5.85. The average molecular weight is 393 g/mol. The Morgan fingerprint density at radius 3 is 2.48 bits per heavy atom. The summed E-state index contributed by atoms with van der Waals surface area (Å²) in [5, 5.41) is 14.3. The number of aliphatic hydroxyl groups is 1. The molecule has 2 aromatic carbocycles. The molecule has 0 aliphatic rings. The second-order valence-electron chi connectivity index (χ2n) is 7.00. The maximum Gasteiger partial charge on any atom is 0.119 e. The first-order chi connectivity index (χ1) is 12.6. The summed E-state index contributed by atoms with van der Waals surface area (Å²) in [6, 6.07) is 18.1. The van der Waals surface area contributed by atoms with Crippen LogP contribution in [-0.2, 0) is 6.54 Å². The zero-order valence-electron chi connectivity index (χ0n) is 16.6. The topological polar surface area (TPSA) is 44.7 Å². The molecule has 0 aromatic heterocycles. The number of nitrogens with one attached hydrogen (secondary N) is 1. The third-order valence-electron chi connectivity index (χ3n) is 4.29. The largest absolute Gasteiger partial charge is 0.494 e. The molecule has 150 valence electrons. The molecular weight excluding hydrogens is 360 g/mol. The van der Waals surface area contributed by atoms with Gasteiger partial charge >= 0.3 is 0 Å². The van der Waals surface area contributed by atoms with Crippen LogP contribution in [0, 0.1) is 5.92 Å². The Morgan fingerprint density at radius 2 is 1.81 bits per heavy atom. The number of benzene rings is 2. The van der Waals surface area contributed by atoms with Gasteiger partial charge in [0.25, 0.3) is 0 Å². The first-order valence-corrected chi connectivity index (χ1v) is 9.40. The fourth-order valence-electron chi connectivity index (χ4n) is 3.03. The van der Waals surface area contributed by atoms with Crippen molar-refractivity contribution in [2.75, 3.05) is 33.8 Å². The van der Waals surface area contributed by atoms with Gasteiger partial charge in [0.05, 0.1) is 12.7 Å². The molecule has 2 atom stereocenters. The molecule has 27 heavy (non-hydrogen) atoms. The summed E-state index contributed by atoms with van der Waals surface area (Å²) in [5.41, 5.74) is 2.16. The van der Waals surface area contributed by atoms with Crippen LogP contribution < -0.4 is 10.1 Å². The minimum absolute atomic E-state index is 0. The Balaban J connectivity index is 0.00000364. The number of halogens is 1. The molecule has 0 aliphatic carbocycles. The SMILES string of the molecule is CCCOc1cccc(CNCC(CN(C)C)C(O)c2ccccc2)c1.Cl. The lowest BCUT2D eigenvalue weighted by molar-refractivity contribution is 0.0894. The van der Waals surface area contributed by atoms with Crippen LogP contribution in [0.3, 0.4) is 0 Å². The fraction of sp³-hybridized carbons (Fsp3) is 0.455. The normalized spacial score (nSPS) is 13.1. The summed E-state index contributed by atoms with van der Waals surface area (Å²) in [6.45, 7) is 5.17. The van der Waals surface area contributed by atoms with E-state index in [9.17, 15) is 5.11 Å². The summed E-state index contributed by atoms with van der Waals surface area (Å²) >= 11 is 0. The molecule has 2 aromatic rings. The average Bonchev–Trinajstić information content (AvgIpc) is 2.66. The second-order valence-corrected chi connectivity index (χ2v) is 7.00. The molecule has 0 saturated heterocycles. The molecule has 0 spiro atoms. The van der Waals surface area contributed by atoms with Crippen LogP contribution in [0.4, 0.5) is 0 Å². The minimum Gasteiger partial charge on any atom is -0.494 e. The number of hydrogen-bond acceptors (Lipinski definition) is 4. The summed E-state index contributed by atoms with van der Waals surface area (Å²) in [6.07, 6.45) is 0.525. The van der Waals surface area contributed by atoms with Gasteiger partial charge in [0.1, 0.15) is 5.75 Å². The van der Waals surface area contributed by atoms with Crippen LogP contribution in [0.25, 0.3) is 0 Å². The van der Waals surface area contributed by atoms with Crippen molar-refractivity contribution in [3.63, 3.8) is 0 Å². The Hall–Kier alpha value is -1.59. The van der Waals surface area contributed by atoms with Crippen LogP contribution >= 0.6 is 12.4 Å². The van der Waals surface area contributed by atoms with E-state index in [-0.39, 0.29) is 18.3 Å². The molecule has 0 radical (unpaired) electrons. The third kappa shape index (κ3) is 8.31. The molecule has 2 unspecified atom stereocenters. The maximum atomic E-state index is 10.8. The summed E-state index contributed by atoms with van der Waals surface area (Å²) in [4.78, 5) is 2.12. The van der Waals surface area contributed by atoms with Gasteiger partial charge in [0.2, 0.25) is 0 Å². The van der Waals surface area contributed by atoms with Gasteiger partial charge in [-0.3, -0.25) is 0 Å². The van der Waals surface area contributed by atoms with Crippen molar-refractivity contribution in [1.29, 1.82) is 0 Å². The minimum atomic E-state index is -0.481. The van der Waals surface area contributed by atoms with Gasteiger partial charge in [-0.1, -0.05) is 49.4 Å². The van der Waals surface area contributed by atoms with E-state index >= 15 is 0 Å². The lowest BCUT2D eigenvalue weighted by atomic mass is 9.95. The van der Waals surface area contributed by atoms with Gasteiger partial charge in [-0.2, -0.15) is 0 Å². The van der Waals surface area contributed by atoms with Gasteiger partial charge in [0, 0.05) is 25.6 Å². The van der Waals surface area contributed by atoms with Gasteiger partial charge in [-0.25, -0.2) is 0 Å². The van der Waals surface area contributed by atoms with Crippen molar-refractivity contribution in [1.82, 2.24) is 10.2 Å². The molecule has 0 fully saturated rings. The van der Waals surface area contributed by atoms with Crippen molar-refractivity contribution < 1.29 is 9.84 Å². The number of hydrogen-bond donors (Lipinski definition) is 2. The quantitative estimate of drug-likeness (QED) is 0.608. The first-order valence-electron chi connectivity index (χ1n) is 9.40. The maximum absolute atomic E-state index is 10.8. The number of ether oxygens (including phenoxy) is 1. The van der Waals surface area contributed by atoms with Crippen LogP contribution in [0.15, 0.2) is 54.6 Å². The molecule has 5 heteroatoms. The Labute approximate surface area is 170 Å².